The highest BCUT2D eigenvalue weighted by atomic mass is 16.5. The molecule has 0 bridgehead atoms. The molecule has 0 unspecified atom stereocenters. The van der Waals surface area contributed by atoms with E-state index in [1.807, 2.05) is 42.5 Å². The molecule has 364 valence electrons. The van der Waals surface area contributed by atoms with E-state index in [0.29, 0.717) is 74.3 Å². The minimum atomic E-state index is -0.389. The fourth-order valence-corrected chi connectivity index (χ4v) is 7.75. The normalized spacial score (nSPS) is 17.5. The van der Waals surface area contributed by atoms with Gasteiger partial charge in [0, 0.05) is 18.1 Å². The van der Waals surface area contributed by atoms with Gasteiger partial charge in [0.2, 0.25) is 0 Å². The Morgan fingerprint density at radius 2 is 1.00 bits per heavy atom. The van der Waals surface area contributed by atoms with Gasteiger partial charge >= 0.3 is 17.9 Å². The third-order valence-electron chi connectivity index (χ3n) is 11.9. The predicted octanol–water partition coefficient (Wildman–Crippen LogP) is 10.7. The third kappa shape index (κ3) is 21.4. The second-order valence-corrected chi connectivity index (χ2v) is 16.9. The number of hydrogen-bond donors (Lipinski definition) is 0. The lowest BCUT2D eigenvalue weighted by Gasteiger charge is -2.27. The number of benzene rings is 3. The molecule has 2 aliphatic carbocycles. The zero-order valence-electron chi connectivity index (χ0n) is 39.2. The Hall–Kier alpha value is -6.11. The van der Waals surface area contributed by atoms with Crippen LogP contribution in [0.5, 0.6) is 34.5 Å². The molecule has 0 spiro atoms. The van der Waals surface area contributed by atoms with Crippen molar-refractivity contribution in [1.82, 2.24) is 0 Å². The lowest BCUT2D eigenvalue weighted by atomic mass is 9.82. The molecule has 2 fully saturated rings. The minimum Gasteiger partial charge on any atom is -0.497 e. The van der Waals surface area contributed by atoms with E-state index < -0.39 is 0 Å². The molecule has 13 nitrogen and oxygen atoms in total. The van der Waals surface area contributed by atoms with Crippen LogP contribution >= 0.6 is 0 Å². The molecule has 0 saturated heterocycles. The Bertz CT molecular complexity index is 1930. The lowest BCUT2D eigenvalue weighted by Crippen LogP contribution is -2.27. The largest absolute Gasteiger partial charge is 0.497 e. The van der Waals surface area contributed by atoms with Crippen LogP contribution in [0.4, 0.5) is 0 Å². The fourth-order valence-electron chi connectivity index (χ4n) is 7.75. The van der Waals surface area contributed by atoms with Crippen molar-refractivity contribution in [3.05, 3.63) is 97.6 Å². The molecule has 2 saturated carbocycles. The molecule has 13 heteroatoms. The molecular weight excluding hydrogens is 857 g/mol. The average molecular weight is 927 g/mol. The van der Waals surface area contributed by atoms with Gasteiger partial charge in [-0.3, -0.25) is 9.59 Å². The van der Waals surface area contributed by atoms with Crippen molar-refractivity contribution < 1.29 is 61.9 Å². The Labute approximate surface area is 396 Å². The van der Waals surface area contributed by atoms with Gasteiger partial charge in [0.05, 0.1) is 58.2 Å². The quantitative estimate of drug-likeness (QED) is 0.0213. The summed E-state index contributed by atoms with van der Waals surface area (Å²) < 4.78 is 44.0. The van der Waals surface area contributed by atoms with E-state index >= 15 is 0 Å². The van der Waals surface area contributed by atoms with Crippen molar-refractivity contribution in [2.45, 2.75) is 103 Å². The standard InChI is InChI=1S/C38H48O9.C16H22O4/c1-2-37(41)44-22-6-4-3-5-21-43-33-15-17-34(18-16-33)47-38(42)31-13-11-30(12-14-31)26-45-35-19-20-36(32(23-35)25-40)46-27-29-9-7-28(24-39)8-10-29;1-3-16(17)20-13-7-5-4-6-12-19-15-10-8-14(18-2)9-11-15/h2,15-20,23-25,28-31H,1,3-14,21-22,26-27H2;3,8-11H,1,4-7,12-13H2,2H3. The van der Waals surface area contributed by atoms with Gasteiger partial charge in [-0.05, 0) is 181 Å². The van der Waals surface area contributed by atoms with Crippen LogP contribution < -0.4 is 28.4 Å². The van der Waals surface area contributed by atoms with Crippen LogP contribution in [0, 0.1) is 23.7 Å². The van der Waals surface area contributed by atoms with Gasteiger partial charge < -0.3 is 42.7 Å². The SMILES string of the molecule is C=CC(=O)OCCCCCCOc1ccc(OC(=O)C2CCC(COc3ccc(OCC4CCC(C=O)CC4)c(C=O)c3)CC2)cc1.C=CC(=O)OCCCCCCOc1ccc(OC)cc1. The number of unbranched alkanes of at least 4 members (excludes halogenated alkanes) is 6. The van der Waals surface area contributed by atoms with Crippen LogP contribution in [0.3, 0.4) is 0 Å². The number of hydrogen-bond acceptors (Lipinski definition) is 13. The molecule has 0 aromatic heterocycles. The second-order valence-electron chi connectivity index (χ2n) is 16.9. The van der Waals surface area contributed by atoms with Gasteiger partial charge in [-0.2, -0.15) is 0 Å². The first-order valence-corrected chi connectivity index (χ1v) is 23.8. The summed E-state index contributed by atoms with van der Waals surface area (Å²) in [5.74, 6) is 3.89. The second kappa shape index (κ2) is 31.7. The molecule has 2 aliphatic rings. The summed E-state index contributed by atoms with van der Waals surface area (Å²) in [5, 5.41) is 0. The highest BCUT2D eigenvalue weighted by Gasteiger charge is 2.28. The van der Waals surface area contributed by atoms with Crippen LogP contribution in [0.15, 0.2) is 92.0 Å². The number of methoxy groups -OCH3 is 1. The zero-order valence-corrected chi connectivity index (χ0v) is 39.2. The molecule has 0 aliphatic heterocycles. The van der Waals surface area contributed by atoms with Gasteiger partial charge in [0.15, 0.2) is 6.29 Å². The van der Waals surface area contributed by atoms with Gasteiger partial charge in [0.1, 0.15) is 40.8 Å². The maximum atomic E-state index is 12.8. The Morgan fingerprint density at radius 1 is 0.537 bits per heavy atom. The summed E-state index contributed by atoms with van der Waals surface area (Å²) in [4.78, 5) is 57.3. The van der Waals surface area contributed by atoms with Crippen LogP contribution in [-0.2, 0) is 28.7 Å². The number of carbonyl (C=O) groups excluding carboxylic acids is 5. The Balaban J connectivity index is 0.000000410. The predicted molar refractivity (Wildman–Crippen MR) is 255 cm³/mol. The van der Waals surface area contributed by atoms with Crippen molar-refractivity contribution in [2.75, 3.05) is 46.8 Å². The fraction of sp³-hybridized carbons (Fsp3) is 0.500. The van der Waals surface area contributed by atoms with Gasteiger partial charge in [0.25, 0.3) is 0 Å². The maximum absolute atomic E-state index is 12.8. The van der Waals surface area contributed by atoms with Crippen molar-refractivity contribution in [3.63, 3.8) is 0 Å². The molecule has 3 aromatic carbocycles. The molecule has 0 radical (unpaired) electrons. The monoisotopic (exact) mass is 926 g/mol. The maximum Gasteiger partial charge on any atom is 0.330 e. The molecule has 0 N–H and O–H groups in total. The van der Waals surface area contributed by atoms with Crippen molar-refractivity contribution >= 4 is 30.5 Å². The van der Waals surface area contributed by atoms with E-state index in [1.165, 1.54) is 12.2 Å². The zero-order chi connectivity index (χ0) is 47.9. The summed E-state index contributed by atoms with van der Waals surface area (Å²) in [6, 6.07) is 20.0. The van der Waals surface area contributed by atoms with E-state index in [-0.39, 0.29) is 29.7 Å². The average Bonchev–Trinajstić information content (AvgIpc) is 3.37. The lowest BCUT2D eigenvalue weighted by molar-refractivity contribution is -0.140. The van der Waals surface area contributed by atoms with Gasteiger partial charge in [-0.15, -0.1) is 0 Å². The van der Waals surface area contributed by atoms with Crippen LogP contribution in [-0.4, -0.2) is 77.2 Å². The first kappa shape index (κ1) is 53.5. The summed E-state index contributed by atoms with van der Waals surface area (Å²) in [6.45, 7) is 9.92. The minimum absolute atomic E-state index is 0.144. The molecule has 0 heterocycles. The molecule has 0 atom stereocenters. The summed E-state index contributed by atoms with van der Waals surface area (Å²) in [6.07, 6.45) is 18.7. The number of carbonyl (C=O) groups is 5. The highest BCUT2D eigenvalue weighted by Crippen LogP contribution is 2.33. The first-order chi connectivity index (χ1) is 32.7. The van der Waals surface area contributed by atoms with Crippen molar-refractivity contribution in [1.29, 1.82) is 0 Å². The molecule has 0 amide bonds. The number of rotatable bonds is 29. The Morgan fingerprint density at radius 3 is 1.49 bits per heavy atom. The number of aldehydes is 2. The van der Waals surface area contributed by atoms with E-state index in [9.17, 15) is 24.0 Å². The third-order valence-corrected chi connectivity index (χ3v) is 11.9. The highest BCUT2D eigenvalue weighted by molar-refractivity contribution is 5.81. The van der Waals surface area contributed by atoms with E-state index in [0.717, 1.165) is 133 Å². The molecule has 3 aromatic rings. The summed E-state index contributed by atoms with van der Waals surface area (Å²) in [5.41, 5.74) is 0.465. The topological polar surface area (TPSA) is 159 Å². The smallest absolute Gasteiger partial charge is 0.330 e. The first-order valence-electron chi connectivity index (χ1n) is 23.8. The van der Waals surface area contributed by atoms with Crippen LogP contribution in [0.2, 0.25) is 0 Å². The molecule has 67 heavy (non-hydrogen) atoms. The van der Waals surface area contributed by atoms with E-state index in [1.54, 1.807) is 31.4 Å². The van der Waals surface area contributed by atoms with E-state index in [2.05, 4.69) is 13.2 Å². The number of esters is 3. The van der Waals surface area contributed by atoms with Crippen LogP contribution in [0.25, 0.3) is 0 Å². The van der Waals surface area contributed by atoms with Gasteiger partial charge in [-0.25, -0.2) is 9.59 Å². The molecular formula is C54H70O13. The molecule has 5 rings (SSSR count). The van der Waals surface area contributed by atoms with Gasteiger partial charge in [-0.1, -0.05) is 13.2 Å². The van der Waals surface area contributed by atoms with E-state index in [4.69, 9.17) is 37.9 Å². The summed E-state index contributed by atoms with van der Waals surface area (Å²) in [7, 11) is 1.64. The van der Waals surface area contributed by atoms with Crippen LogP contribution in [0.1, 0.15) is 113 Å². The van der Waals surface area contributed by atoms with Crippen molar-refractivity contribution in [3.8, 4) is 34.5 Å². The number of ether oxygens (including phenoxy) is 8. The van der Waals surface area contributed by atoms with Crippen molar-refractivity contribution in [2.24, 2.45) is 23.7 Å². The Kier molecular flexibility index (Phi) is 25.3. The summed E-state index contributed by atoms with van der Waals surface area (Å²) >= 11 is 0.